The van der Waals surface area contributed by atoms with E-state index in [1.54, 1.807) is 0 Å². The number of amides is 1. The van der Waals surface area contributed by atoms with Crippen LogP contribution in [0.1, 0.15) is 18.1 Å². The van der Waals surface area contributed by atoms with E-state index < -0.39 is 0 Å². The summed E-state index contributed by atoms with van der Waals surface area (Å²) in [5.41, 5.74) is 2.51. The monoisotopic (exact) mass is 308 g/mol. The minimum absolute atomic E-state index is 0.0462. The van der Waals surface area contributed by atoms with E-state index in [-0.39, 0.29) is 11.8 Å². The molecule has 0 radical (unpaired) electrons. The summed E-state index contributed by atoms with van der Waals surface area (Å²) < 4.78 is 0. The normalized spacial score (nSPS) is 19.6. The second-order valence-corrected chi connectivity index (χ2v) is 6.37. The van der Waals surface area contributed by atoms with E-state index in [9.17, 15) is 4.79 Å². The zero-order valence-electron chi connectivity index (χ0n) is 13.7. The van der Waals surface area contributed by atoms with E-state index >= 15 is 0 Å². The van der Waals surface area contributed by atoms with Gasteiger partial charge in [-0.3, -0.25) is 9.69 Å². The molecule has 0 bridgehead atoms. The molecule has 3 rings (SSSR count). The Kier molecular flexibility index (Phi) is 5.09. The van der Waals surface area contributed by atoms with Gasteiger partial charge in [-0.15, -0.1) is 0 Å². The Morgan fingerprint density at radius 1 is 0.870 bits per heavy atom. The molecule has 0 saturated carbocycles. The fourth-order valence-corrected chi connectivity index (χ4v) is 3.19. The number of benzene rings is 2. The molecule has 0 aromatic heterocycles. The van der Waals surface area contributed by atoms with Crippen molar-refractivity contribution in [2.45, 2.75) is 20.0 Å². The molecular formula is C20H24N2O. The SMILES string of the molecule is CC1CN(Cc2ccccc2)CCN(Cc2ccccc2)C1=O. The molecular weight excluding hydrogens is 284 g/mol. The molecule has 1 amide bonds. The van der Waals surface area contributed by atoms with Crippen molar-refractivity contribution < 1.29 is 4.79 Å². The highest BCUT2D eigenvalue weighted by molar-refractivity contribution is 5.79. The van der Waals surface area contributed by atoms with Gasteiger partial charge in [0, 0.05) is 38.6 Å². The first-order chi connectivity index (χ1) is 11.2. The standard InChI is InChI=1S/C20H24N2O/c1-17-14-21(15-18-8-4-2-5-9-18)12-13-22(20(17)23)16-19-10-6-3-7-11-19/h2-11,17H,12-16H2,1H3. The van der Waals surface area contributed by atoms with Crippen molar-refractivity contribution in [2.24, 2.45) is 5.92 Å². The minimum Gasteiger partial charge on any atom is -0.337 e. The second-order valence-electron chi connectivity index (χ2n) is 6.37. The van der Waals surface area contributed by atoms with Crippen LogP contribution in [0.5, 0.6) is 0 Å². The summed E-state index contributed by atoms with van der Waals surface area (Å²) in [6.07, 6.45) is 0. The van der Waals surface area contributed by atoms with Gasteiger partial charge in [-0.2, -0.15) is 0 Å². The summed E-state index contributed by atoms with van der Waals surface area (Å²) in [5, 5.41) is 0. The van der Waals surface area contributed by atoms with Gasteiger partial charge in [-0.25, -0.2) is 0 Å². The van der Waals surface area contributed by atoms with Gasteiger partial charge < -0.3 is 4.90 Å². The maximum absolute atomic E-state index is 12.6. The molecule has 1 unspecified atom stereocenters. The van der Waals surface area contributed by atoms with Gasteiger partial charge >= 0.3 is 0 Å². The number of carbonyl (C=O) groups excluding carboxylic acids is 1. The summed E-state index contributed by atoms with van der Waals surface area (Å²) in [4.78, 5) is 17.0. The number of hydrogen-bond acceptors (Lipinski definition) is 2. The molecule has 0 aliphatic carbocycles. The molecule has 3 nitrogen and oxygen atoms in total. The first-order valence-corrected chi connectivity index (χ1v) is 8.31. The lowest BCUT2D eigenvalue weighted by Crippen LogP contribution is -2.34. The fraction of sp³-hybridized carbons (Fsp3) is 0.350. The number of nitrogens with zero attached hydrogens (tertiary/aromatic N) is 2. The number of rotatable bonds is 4. The molecule has 1 atom stereocenters. The molecule has 1 heterocycles. The Morgan fingerprint density at radius 2 is 1.43 bits per heavy atom. The Morgan fingerprint density at radius 3 is 2.04 bits per heavy atom. The van der Waals surface area contributed by atoms with Gasteiger partial charge in [-0.1, -0.05) is 67.6 Å². The van der Waals surface area contributed by atoms with E-state index in [0.717, 1.165) is 26.2 Å². The molecule has 0 spiro atoms. The largest absolute Gasteiger partial charge is 0.337 e. The lowest BCUT2D eigenvalue weighted by atomic mass is 10.1. The summed E-state index contributed by atoms with van der Waals surface area (Å²) in [7, 11) is 0. The second kappa shape index (κ2) is 7.42. The first-order valence-electron chi connectivity index (χ1n) is 8.31. The molecule has 23 heavy (non-hydrogen) atoms. The highest BCUT2D eigenvalue weighted by atomic mass is 16.2. The van der Waals surface area contributed by atoms with E-state index in [1.165, 1.54) is 11.1 Å². The molecule has 2 aromatic carbocycles. The number of hydrogen-bond donors (Lipinski definition) is 0. The quantitative estimate of drug-likeness (QED) is 0.866. The van der Waals surface area contributed by atoms with Crippen molar-refractivity contribution in [1.82, 2.24) is 9.80 Å². The van der Waals surface area contributed by atoms with Gasteiger partial charge in [0.2, 0.25) is 5.91 Å². The first kappa shape index (κ1) is 15.8. The van der Waals surface area contributed by atoms with E-state index in [2.05, 4.69) is 41.3 Å². The Hall–Kier alpha value is -2.13. The lowest BCUT2D eigenvalue weighted by molar-refractivity contribution is -0.134. The zero-order chi connectivity index (χ0) is 16.1. The van der Waals surface area contributed by atoms with E-state index in [1.807, 2.05) is 36.1 Å². The van der Waals surface area contributed by atoms with Gasteiger partial charge in [0.1, 0.15) is 0 Å². The van der Waals surface area contributed by atoms with Crippen LogP contribution in [-0.2, 0) is 17.9 Å². The molecule has 3 heteroatoms. The van der Waals surface area contributed by atoms with Crippen LogP contribution in [0.25, 0.3) is 0 Å². The van der Waals surface area contributed by atoms with Crippen LogP contribution in [0.2, 0.25) is 0 Å². The summed E-state index contributed by atoms with van der Waals surface area (Å²) in [6.45, 7) is 6.23. The summed E-state index contributed by atoms with van der Waals surface area (Å²) in [5.74, 6) is 0.314. The van der Waals surface area contributed by atoms with Crippen LogP contribution in [0.4, 0.5) is 0 Å². The molecule has 120 valence electrons. The maximum atomic E-state index is 12.6. The fourth-order valence-electron chi connectivity index (χ4n) is 3.19. The summed E-state index contributed by atoms with van der Waals surface area (Å²) >= 11 is 0. The van der Waals surface area contributed by atoms with Crippen LogP contribution in [0.15, 0.2) is 60.7 Å². The van der Waals surface area contributed by atoms with Gasteiger partial charge in [0.25, 0.3) is 0 Å². The topological polar surface area (TPSA) is 23.6 Å². The predicted octanol–water partition coefficient (Wildman–Crippen LogP) is 3.17. The van der Waals surface area contributed by atoms with Gasteiger partial charge in [-0.05, 0) is 11.1 Å². The number of carbonyl (C=O) groups is 1. The third kappa shape index (κ3) is 4.20. The molecule has 1 aliphatic rings. The van der Waals surface area contributed by atoms with Crippen molar-refractivity contribution in [3.8, 4) is 0 Å². The van der Waals surface area contributed by atoms with E-state index in [4.69, 9.17) is 0 Å². The highest BCUT2D eigenvalue weighted by Gasteiger charge is 2.27. The Bertz CT molecular complexity index is 627. The Labute approximate surface area is 138 Å². The Balaban J connectivity index is 1.66. The lowest BCUT2D eigenvalue weighted by Gasteiger charge is -2.22. The summed E-state index contributed by atoms with van der Waals surface area (Å²) in [6, 6.07) is 20.7. The van der Waals surface area contributed by atoms with Crippen molar-refractivity contribution in [1.29, 1.82) is 0 Å². The van der Waals surface area contributed by atoms with E-state index in [0.29, 0.717) is 6.54 Å². The van der Waals surface area contributed by atoms with Crippen LogP contribution in [0.3, 0.4) is 0 Å². The highest BCUT2D eigenvalue weighted by Crippen LogP contribution is 2.16. The van der Waals surface area contributed by atoms with Crippen LogP contribution in [0, 0.1) is 5.92 Å². The third-order valence-corrected chi connectivity index (χ3v) is 4.42. The van der Waals surface area contributed by atoms with Crippen molar-refractivity contribution >= 4 is 5.91 Å². The zero-order valence-corrected chi connectivity index (χ0v) is 13.7. The molecule has 2 aromatic rings. The average molecular weight is 308 g/mol. The average Bonchev–Trinajstić information content (AvgIpc) is 2.71. The van der Waals surface area contributed by atoms with Crippen LogP contribution >= 0.6 is 0 Å². The van der Waals surface area contributed by atoms with Gasteiger partial charge in [0.15, 0.2) is 0 Å². The van der Waals surface area contributed by atoms with Crippen molar-refractivity contribution in [3.05, 3.63) is 71.8 Å². The molecule has 0 N–H and O–H groups in total. The third-order valence-electron chi connectivity index (χ3n) is 4.42. The molecule has 1 fully saturated rings. The molecule has 1 aliphatic heterocycles. The van der Waals surface area contributed by atoms with Crippen molar-refractivity contribution in [2.75, 3.05) is 19.6 Å². The molecule has 1 saturated heterocycles. The maximum Gasteiger partial charge on any atom is 0.227 e. The predicted molar refractivity (Wildman–Crippen MR) is 92.7 cm³/mol. The van der Waals surface area contributed by atoms with Gasteiger partial charge in [0.05, 0.1) is 0 Å². The van der Waals surface area contributed by atoms with Crippen molar-refractivity contribution in [3.63, 3.8) is 0 Å². The van der Waals surface area contributed by atoms with Crippen LogP contribution < -0.4 is 0 Å². The van der Waals surface area contributed by atoms with Crippen LogP contribution in [-0.4, -0.2) is 35.3 Å². The smallest absolute Gasteiger partial charge is 0.227 e. The minimum atomic E-state index is 0.0462.